The van der Waals surface area contributed by atoms with Gasteiger partial charge in [-0.2, -0.15) is 0 Å². The number of nitrogens with zero attached hydrogens (tertiary/aromatic N) is 3. The average molecular weight is 365 g/mol. The van der Waals surface area contributed by atoms with Gasteiger partial charge < -0.3 is 11.1 Å². The Hall–Kier alpha value is -2.73. The molecule has 3 rings (SSSR count). The van der Waals surface area contributed by atoms with E-state index in [0.29, 0.717) is 5.82 Å². The van der Waals surface area contributed by atoms with Crippen molar-refractivity contribution in [2.75, 3.05) is 25.5 Å². The smallest absolute Gasteiger partial charge is 0.242 e. The van der Waals surface area contributed by atoms with E-state index < -0.39 is 0 Å². The predicted octanol–water partition coefficient (Wildman–Crippen LogP) is 3.05. The molecule has 1 fully saturated rings. The number of hydrogen-bond acceptors (Lipinski definition) is 5. The van der Waals surface area contributed by atoms with Gasteiger partial charge in [-0.15, -0.1) is 0 Å². The Morgan fingerprint density at radius 3 is 2.74 bits per heavy atom. The summed E-state index contributed by atoms with van der Waals surface area (Å²) in [6.07, 6.45) is 8.62. The molecule has 0 radical (unpaired) electrons. The van der Waals surface area contributed by atoms with Crippen LogP contribution in [0, 0.1) is 0 Å². The molecule has 6 nitrogen and oxygen atoms in total. The Balaban J connectivity index is 1.79. The summed E-state index contributed by atoms with van der Waals surface area (Å²) in [6.45, 7) is 3.93. The number of carbonyl (C=O) groups is 1. The third-order valence-corrected chi connectivity index (χ3v) is 5.07. The van der Waals surface area contributed by atoms with Gasteiger partial charge in [-0.25, -0.2) is 4.98 Å². The third-order valence-electron chi connectivity index (χ3n) is 5.07. The summed E-state index contributed by atoms with van der Waals surface area (Å²) in [5.41, 5.74) is 7.53. The van der Waals surface area contributed by atoms with Crippen LogP contribution in [0.2, 0.25) is 0 Å². The van der Waals surface area contributed by atoms with E-state index in [0.717, 1.165) is 47.8 Å². The first-order valence-electron chi connectivity index (χ1n) is 9.41. The number of nitrogens with one attached hydrogen (secondary N) is 1. The lowest BCUT2D eigenvalue weighted by molar-refractivity contribution is -0.121. The third kappa shape index (κ3) is 4.52. The van der Waals surface area contributed by atoms with E-state index in [1.165, 1.54) is 6.42 Å². The van der Waals surface area contributed by atoms with Gasteiger partial charge in [0.2, 0.25) is 5.91 Å². The van der Waals surface area contributed by atoms with Gasteiger partial charge in [0.1, 0.15) is 5.82 Å². The number of aromatic nitrogens is 1. The molecular formula is C21H27N5O. The maximum Gasteiger partial charge on any atom is 0.242 e. The molecule has 1 aliphatic rings. The first kappa shape index (κ1) is 19.0. The Morgan fingerprint density at radius 2 is 2.04 bits per heavy atom. The van der Waals surface area contributed by atoms with E-state index in [4.69, 9.17) is 5.73 Å². The zero-order valence-corrected chi connectivity index (χ0v) is 16.0. The highest BCUT2D eigenvalue weighted by molar-refractivity contribution is 6.10. The second-order valence-electron chi connectivity index (χ2n) is 6.90. The van der Waals surface area contributed by atoms with Crippen LogP contribution in [-0.4, -0.2) is 48.2 Å². The van der Waals surface area contributed by atoms with E-state index in [2.05, 4.69) is 20.2 Å². The fraction of sp³-hybridized carbons (Fsp3) is 0.381. The number of amides is 1. The Morgan fingerprint density at radius 1 is 1.26 bits per heavy atom. The monoisotopic (exact) mass is 365 g/mol. The molecule has 2 aromatic rings. The zero-order valence-electron chi connectivity index (χ0n) is 16.0. The van der Waals surface area contributed by atoms with Crippen molar-refractivity contribution in [3.63, 3.8) is 0 Å². The van der Waals surface area contributed by atoms with Crippen molar-refractivity contribution in [1.29, 1.82) is 0 Å². The molecule has 142 valence electrons. The Kier molecular flexibility index (Phi) is 6.19. The number of carbonyl (C=O) groups excluding carboxylic acids is 1. The van der Waals surface area contributed by atoms with Crippen molar-refractivity contribution in [3.05, 3.63) is 42.2 Å². The highest BCUT2D eigenvalue weighted by atomic mass is 16.2. The van der Waals surface area contributed by atoms with Gasteiger partial charge in [0.25, 0.3) is 0 Å². The highest BCUT2D eigenvalue weighted by Gasteiger charge is 2.23. The Labute approximate surface area is 160 Å². The van der Waals surface area contributed by atoms with E-state index in [1.54, 1.807) is 25.7 Å². The molecule has 6 heteroatoms. The van der Waals surface area contributed by atoms with Gasteiger partial charge in [-0.3, -0.25) is 14.7 Å². The number of aliphatic imine (C=N–C) groups is 1. The molecule has 1 amide bonds. The van der Waals surface area contributed by atoms with Crippen LogP contribution in [0.15, 0.2) is 41.7 Å². The largest absolute Gasteiger partial charge is 0.404 e. The van der Waals surface area contributed by atoms with Gasteiger partial charge in [-0.05, 0) is 55.9 Å². The number of benzene rings is 1. The molecule has 0 aliphatic carbocycles. The first-order chi connectivity index (χ1) is 13.1. The molecule has 1 aromatic carbocycles. The van der Waals surface area contributed by atoms with Gasteiger partial charge in [-0.1, -0.05) is 18.6 Å². The fourth-order valence-corrected chi connectivity index (χ4v) is 3.44. The molecule has 3 N–H and O–H groups in total. The summed E-state index contributed by atoms with van der Waals surface area (Å²) in [7, 11) is 1.71. The van der Waals surface area contributed by atoms with E-state index in [-0.39, 0.29) is 11.9 Å². The minimum Gasteiger partial charge on any atom is -0.404 e. The quantitative estimate of drug-likeness (QED) is 0.798. The van der Waals surface area contributed by atoms with Crippen LogP contribution in [0.25, 0.3) is 16.3 Å². The van der Waals surface area contributed by atoms with Crippen molar-refractivity contribution in [3.8, 4) is 0 Å². The van der Waals surface area contributed by atoms with Crippen molar-refractivity contribution in [1.82, 2.24) is 9.88 Å². The van der Waals surface area contributed by atoms with Crippen LogP contribution in [0.3, 0.4) is 0 Å². The lowest BCUT2D eigenvalue weighted by Gasteiger charge is -2.31. The van der Waals surface area contributed by atoms with Gasteiger partial charge in [0.15, 0.2) is 0 Å². The number of allylic oxidation sites excluding steroid dienone is 1. The van der Waals surface area contributed by atoms with Crippen molar-refractivity contribution in [2.45, 2.75) is 32.2 Å². The number of anilines is 1. The standard InChI is InChI=1S/C21H27N5O/c1-15(26-8-4-3-5-9-26)21(27)25-20-11-18-10-16(19(12-22)13-23-2)6-7-17(18)14-24-20/h6-7,10-15H,3-5,8-9,22H2,1-2H3,(H,24,25,27). The normalized spacial score (nSPS) is 17.3. The summed E-state index contributed by atoms with van der Waals surface area (Å²) in [5, 5.41) is 4.96. The van der Waals surface area contributed by atoms with Gasteiger partial charge >= 0.3 is 0 Å². The number of hydrogen-bond donors (Lipinski definition) is 2. The fourth-order valence-electron chi connectivity index (χ4n) is 3.44. The van der Waals surface area contributed by atoms with E-state index >= 15 is 0 Å². The molecule has 27 heavy (non-hydrogen) atoms. The summed E-state index contributed by atoms with van der Waals surface area (Å²) < 4.78 is 0. The van der Waals surface area contributed by atoms with Gasteiger partial charge in [0, 0.05) is 36.6 Å². The molecule has 1 aromatic heterocycles. The molecule has 0 spiro atoms. The SMILES string of the molecule is CN=CC(=CN)c1ccc2cnc(NC(=O)C(C)N3CCCCC3)cc2c1. The average Bonchev–Trinajstić information content (AvgIpc) is 2.71. The lowest BCUT2D eigenvalue weighted by atomic mass is 10.0. The number of pyridine rings is 1. The summed E-state index contributed by atoms with van der Waals surface area (Å²) >= 11 is 0. The van der Waals surface area contributed by atoms with Crippen LogP contribution in [0.4, 0.5) is 5.82 Å². The maximum atomic E-state index is 12.6. The summed E-state index contributed by atoms with van der Waals surface area (Å²) in [6, 6.07) is 7.76. The van der Waals surface area contributed by atoms with Crippen molar-refractivity contribution in [2.24, 2.45) is 10.7 Å². The summed E-state index contributed by atoms with van der Waals surface area (Å²) in [5.74, 6) is 0.552. The van der Waals surface area contributed by atoms with Crippen LogP contribution in [0.1, 0.15) is 31.7 Å². The van der Waals surface area contributed by atoms with Crippen LogP contribution < -0.4 is 11.1 Å². The molecule has 1 unspecified atom stereocenters. The molecule has 0 saturated carbocycles. The zero-order chi connectivity index (χ0) is 19.2. The van der Waals surface area contributed by atoms with Crippen molar-refractivity contribution < 1.29 is 4.79 Å². The van der Waals surface area contributed by atoms with E-state index in [9.17, 15) is 4.79 Å². The molecular weight excluding hydrogens is 338 g/mol. The van der Waals surface area contributed by atoms with E-state index in [1.807, 2.05) is 31.2 Å². The molecule has 2 heterocycles. The minimum absolute atomic E-state index is 0.0134. The first-order valence-corrected chi connectivity index (χ1v) is 9.41. The number of piperidine rings is 1. The number of fused-ring (bicyclic) bond motifs is 1. The second-order valence-corrected chi connectivity index (χ2v) is 6.90. The topological polar surface area (TPSA) is 83.6 Å². The number of likely N-dealkylation sites (tertiary alicyclic amines) is 1. The maximum absolute atomic E-state index is 12.6. The Bertz CT molecular complexity index is 868. The molecule has 1 aliphatic heterocycles. The lowest BCUT2D eigenvalue weighted by Crippen LogP contribution is -2.44. The number of rotatable bonds is 5. The number of nitrogens with two attached hydrogens (primary N) is 1. The molecule has 1 atom stereocenters. The molecule has 1 saturated heterocycles. The van der Waals surface area contributed by atoms with Crippen molar-refractivity contribution >= 4 is 34.3 Å². The minimum atomic E-state index is -0.151. The van der Waals surface area contributed by atoms with Gasteiger partial charge in [0.05, 0.1) is 6.04 Å². The van der Waals surface area contributed by atoms with Crippen LogP contribution >= 0.6 is 0 Å². The predicted molar refractivity (Wildman–Crippen MR) is 112 cm³/mol. The molecule has 0 bridgehead atoms. The second kappa shape index (κ2) is 8.77. The summed E-state index contributed by atoms with van der Waals surface area (Å²) in [4.78, 5) is 23.3. The highest BCUT2D eigenvalue weighted by Crippen LogP contribution is 2.22. The van der Waals surface area contributed by atoms with Crippen LogP contribution in [0.5, 0.6) is 0 Å². The van der Waals surface area contributed by atoms with Crippen LogP contribution in [-0.2, 0) is 4.79 Å².